The fourth-order valence-corrected chi connectivity index (χ4v) is 2.26. The summed E-state index contributed by atoms with van der Waals surface area (Å²) in [5.74, 6) is -0.176. The van der Waals surface area contributed by atoms with Gasteiger partial charge < -0.3 is 10.0 Å². The normalized spacial score (nSPS) is 19.1. The lowest BCUT2D eigenvalue weighted by molar-refractivity contribution is 0.0639. The molecule has 0 saturated heterocycles. The highest BCUT2D eigenvalue weighted by atomic mass is 19.1. The lowest BCUT2D eigenvalue weighted by atomic mass is 10.0. The number of amides is 1. The molecule has 1 atom stereocenters. The van der Waals surface area contributed by atoms with Crippen molar-refractivity contribution >= 4 is 5.91 Å². The Labute approximate surface area is 93.5 Å². The van der Waals surface area contributed by atoms with Crippen LogP contribution in [0, 0.1) is 6.92 Å². The third kappa shape index (κ3) is 1.50. The van der Waals surface area contributed by atoms with Crippen LogP contribution >= 0.6 is 0 Å². The largest absolute Gasteiger partial charge is 0.394 e. The first-order valence-electron chi connectivity index (χ1n) is 5.28. The Bertz CT molecular complexity index is 419. The average molecular weight is 223 g/mol. The zero-order chi connectivity index (χ0) is 11.7. The van der Waals surface area contributed by atoms with Gasteiger partial charge in [0.05, 0.1) is 19.2 Å². The van der Waals surface area contributed by atoms with Gasteiger partial charge in [0, 0.05) is 5.56 Å². The van der Waals surface area contributed by atoms with E-state index in [0.29, 0.717) is 5.56 Å². The van der Waals surface area contributed by atoms with Gasteiger partial charge in [0.2, 0.25) is 0 Å². The number of aryl methyl sites for hydroxylation is 1. The molecule has 3 nitrogen and oxygen atoms in total. The minimum Gasteiger partial charge on any atom is -0.394 e. The number of aliphatic hydroxyl groups is 1. The van der Waals surface area contributed by atoms with Crippen molar-refractivity contribution in [3.05, 3.63) is 34.9 Å². The number of carbonyl (C=O) groups excluding carboxylic acids is 1. The smallest absolute Gasteiger partial charge is 0.255 e. The highest BCUT2D eigenvalue weighted by molar-refractivity contribution is 6.00. The minimum absolute atomic E-state index is 0.0399. The number of aliphatic hydroxyl groups excluding tert-OH is 1. The van der Waals surface area contributed by atoms with Crippen LogP contribution in [0.4, 0.5) is 4.39 Å². The third-order valence-electron chi connectivity index (χ3n) is 3.01. The Balaban J connectivity index is 2.47. The van der Waals surface area contributed by atoms with E-state index in [0.717, 1.165) is 11.1 Å². The van der Waals surface area contributed by atoms with Gasteiger partial charge in [-0.1, -0.05) is 18.2 Å². The Kier molecular flexibility index (Phi) is 2.92. The quantitative estimate of drug-likeness (QED) is 0.842. The first-order chi connectivity index (χ1) is 7.70. The predicted octanol–water partition coefficient (Wildman–Crippen LogP) is 1.45. The second kappa shape index (κ2) is 4.22. The molecule has 1 aliphatic rings. The van der Waals surface area contributed by atoms with E-state index < -0.39 is 12.7 Å². The summed E-state index contributed by atoms with van der Waals surface area (Å²) < 4.78 is 12.4. The SMILES string of the molecule is Cc1cccc2c1C(=O)N(CCF)C2CO. The topological polar surface area (TPSA) is 40.5 Å². The van der Waals surface area contributed by atoms with E-state index in [4.69, 9.17) is 0 Å². The van der Waals surface area contributed by atoms with Gasteiger partial charge in [-0.3, -0.25) is 4.79 Å². The van der Waals surface area contributed by atoms with Gasteiger partial charge in [-0.05, 0) is 18.1 Å². The zero-order valence-corrected chi connectivity index (χ0v) is 9.11. The molecular formula is C12H14FNO2. The van der Waals surface area contributed by atoms with Crippen LogP contribution < -0.4 is 0 Å². The van der Waals surface area contributed by atoms with Gasteiger partial charge in [-0.25, -0.2) is 4.39 Å². The molecule has 16 heavy (non-hydrogen) atoms. The van der Waals surface area contributed by atoms with E-state index >= 15 is 0 Å². The van der Waals surface area contributed by atoms with Crippen LogP contribution in [-0.2, 0) is 0 Å². The van der Waals surface area contributed by atoms with Crippen LogP contribution in [0.25, 0.3) is 0 Å². The van der Waals surface area contributed by atoms with Gasteiger partial charge >= 0.3 is 0 Å². The van der Waals surface area contributed by atoms with Crippen molar-refractivity contribution in [2.45, 2.75) is 13.0 Å². The molecule has 0 saturated carbocycles. The van der Waals surface area contributed by atoms with Crippen LogP contribution in [0.5, 0.6) is 0 Å². The third-order valence-corrected chi connectivity index (χ3v) is 3.01. The summed E-state index contributed by atoms with van der Waals surface area (Å²) in [5, 5.41) is 9.30. The van der Waals surface area contributed by atoms with E-state index in [1.165, 1.54) is 4.90 Å². The lowest BCUT2D eigenvalue weighted by Gasteiger charge is -2.22. The van der Waals surface area contributed by atoms with Crippen molar-refractivity contribution < 1.29 is 14.3 Å². The minimum atomic E-state index is -0.588. The molecule has 1 heterocycles. The van der Waals surface area contributed by atoms with Gasteiger partial charge in [0.25, 0.3) is 5.91 Å². The molecule has 1 aliphatic heterocycles. The van der Waals surface area contributed by atoms with Crippen molar-refractivity contribution in [3.63, 3.8) is 0 Å². The first-order valence-corrected chi connectivity index (χ1v) is 5.28. The summed E-state index contributed by atoms with van der Waals surface area (Å²) in [6.45, 7) is 1.14. The molecule has 1 aromatic rings. The number of fused-ring (bicyclic) bond motifs is 1. The molecule has 1 N–H and O–H groups in total. The number of rotatable bonds is 3. The average Bonchev–Trinajstić information content (AvgIpc) is 2.54. The summed E-state index contributed by atoms with van der Waals surface area (Å²) >= 11 is 0. The highest BCUT2D eigenvalue weighted by Gasteiger charge is 2.36. The fourth-order valence-electron chi connectivity index (χ4n) is 2.26. The number of nitrogens with zero attached hydrogens (tertiary/aromatic N) is 1. The summed E-state index contributed by atoms with van der Waals surface area (Å²) in [6, 6.07) is 5.13. The molecule has 0 aromatic heterocycles. The molecule has 1 unspecified atom stereocenters. The number of hydrogen-bond donors (Lipinski definition) is 1. The molecule has 1 aromatic carbocycles. The van der Waals surface area contributed by atoms with Gasteiger partial charge in [0.1, 0.15) is 6.67 Å². The van der Waals surface area contributed by atoms with Crippen LogP contribution in [-0.4, -0.2) is 35.7 Å². The molecule has 1 amide bonds. The second-order valence-electron chi connectivity index (χ2n) is 3.93. The Morgan fingerprint density at radius 2 is 2.25 bits per heavy atom. The van der Waals surface area contributed by atoms with E-state index in [1.54, 1.807) is 0 Å². The van der Waals surface area contributed by atoms with Crippen LogP contribution in [0.1, 0.15) is 27.5 Å². The lowest BCUT2D eigenvalue weighted by Crippen LogP contribution is -2.31. The maximum atomic E-state index is 12.4. The van der Waals surface area contributed by atoms with E-state index in [9.17, 15) is 14.3 Å². The number of alkyl halides is 1. The maximum absolute atomic E-state index is 12.4. The van der Waals surface area contributed by atoms with Crippen molar-refractivity contribution in [3.8, 4) is 0 Å². The predicted molar refractivity (Wildman–Crippen MR) is 58.0 cm³/mol. The second-order valence-corrected chi connectivity index (χ2v) is 3.93. The zero-order valence-electron chi connectivity index (χ0n) is 9.11. The van der Waals surface area contributed by atoms with Crippen molar-refractivity contribution in [2.24, 2.45) is 0 Å². The van der Waals surface area contributed by atoms with Gasteiger partial charge in [-0.2, -0.15) is 0 Å². The molecule has 0 bridgehead atoms. The number of hydrogen-bond acceptors (Lipinski definition) is 2. The van der Waals surface area contributed by atoms with Crippen LogP contribution in [0.2, 0.25) is 0 Å². The Morgan fingerprint density at radius 1 is 1.50 bits per heavy atom. The molecule has 0 spiro atoms. The highest BCUT2D eigenvalue weighted by Crippen LogP contribution is 2.34. The first kappa shape index (κ1) is 11.1. The molecule has 2 rings (SSSR count). The van der Waals surface area contributed by atoms with Gasteiger partial charge in [-0.15, -0.1) is 0 Å². The summed E-state index contributed by atoms with van der Waals surface area (Å²) in [4.78, 5) is 13.4. The fraction of sp³-hybridized carbons (Fsp3) is 0.417. The Hall–Kier alpha value is -1.42. The summed E-state index contributed by atoms with van der Waals surface area (Å²) in [6.07, 6.45) is 0. The van der Waals surface area contributed by atoms with E-state index in [-0.39, 0.29) is 19.1 Å². The molecule has 0 radical (unpaired) electrons. The molecule has 0 fully saturated rings. The van der Waals surface area contributed by atoms with Crippen molar-refractivity contribution in [1.82, 2.24) is 4.90 Å². The van der Waals surface area contributed by atoms with Gasteiger partial charge in [0.15, 0.2) is 0 Å². The number of carbonyl (C=O) groups is 1. The molecule has 4 heteroatoms. The molecule has 86 valence electrons. The monoisotopic (exact) mass is 223 g/mol. The van der Waals surface area contributed by atoms with Crippen molar-refractivity contribution in [1.29, 1.82) is 0 Å². The standard InChI is InChI=1S/C12H14FNO2/c1-8-3-2-4-9-10(7-15)14(6-5-13)12(16)11(8)9/h2-4,10,15H,5-7H2,1H3. The number of benzene rings is 1. The molecule has 0 aliphatic carbocycles. The number of halogens is 1. The van der Waals surface area contributed by atoms with E-state index in [2.05, 4.69) is 0 Å². The maximum Gasteiger partial charge on any atom is 0.255 e. The van der Waals surface area contributed by atoms with E-state index in [1.807, 2.05) is 25.1 Å². The van der Waals surface area contributed by atoms with Crippen LogP contribution in [0.3, 0.4) is 0 Å². The van der Waals surface area contributed by atoms with Crippen molar-refractivity contribution in [2.75, 3.05) is 19.8 Å². The summed E-state index contributed by atoms with van der Waals surface area (Å²) in [5.41, 5.74) is 2.30. The molecular weight excluding hydrogens is 209 g/mol. The summed E-state index contributed by atoms with van der Waals surface area (Å²) in [7, 11) is 0. The van der Waals surface area contributed by atoms with Crippen LogP contribution in [0.15, 0.2) is 18.2 Å². The Morgan fingerprint density at radius 3 is 2.88 bits per heavy atom.